The maximum absolute atomic E-state index is 12.7. The molecule has 0 spiro atoms. The van der Waals surface area contributed by atoms with E-state index in [4.69, 9.17) is 11.6 Å². The number of nitrogens with zero attached hydrogens (tertiary/aromatic N) is 6. The molecule has 0 saturated heterocycles. The Morgan fingerprint density at radius 2 is 1.87 bits per heavy atom. The molecule has 1 heterocycles. The molecule has 1 N–H and O–H groups in total. The molecule has 0 aliphatic heterocycles. The van der Waals surface area contributed by atoms with Gasteiger partial charge in [0.05, 0.1) is 17.6 Å². The second kappa shape index (κ2) is 9.31. The highest BCUT2D eigenvalue weighted by Gasteiger charge is 2.11. The zero-order chi connectivity index (χ0) is 22.5. The van der Waals surface area contributed by atoms with Crippen LogP contribution in [0.15, 0.2) is 80.1 Å². The smallest absolute Gasteiger partial charge is 0.371 e. The molecule has 0 saturated carbocycles. The number of azo groups is 1. The van der Waals surface area contributed by atoms with Crippen LogP contribution in [0.2, 0.25) is 5.02 Å². The molecule has 158 valence electrons. The number of carbonyl (C=O) groups is 1. The van der Waals surface area contributed by atoms with Gasteiger partial charge in [0.25, 0.3) is 0 Å². The first-order chi connectivity index (χ1) is 14.8. The summed E-state index contributed by atoms with van der Waals surface area (Å²) in [6.45, 7) is 4.34. The molecule has 0 radical (unpaired) electrons. The van der Waals surface area contributed by atoms with Crippen molar-refractivity contribution >= 4 is 29.3 Å². The first-order valence-electron chi connectivity index (χ1n) is 9.18. The van der Waals surface area contributed by atoms with E-state index in [0.29, 0.717) is 27.8 Å². The molecule has 1 aromatic heterocycles. The van der Waals surface area contributed by atoms with Gasteiger partial charge >= 0.3 is 5.69 Å². The largest absolute Gasteiger partial charge is 0.510 e. The molecule has 0 aliphatic carbocycles. The first-order valence-corrected chi connectivity index (χ1v) is 9.55. The Kier molecular flexibility index (Phi) is 6.56. The van der Waals surface area contributed by atoms with E-state index in [2.05, 4.69) is 20.4 Å². The van der Waals surface area contributed by atoms with Crippen LogP contribution in [0.3, 0.4) is 0 Å². The van der Waals surface area contributed by atoms with Crippen LogP contribution in [-0.4, -0.2) is 31.6 Å². The molecular formula is C21H19ClN6O3. The molecule has 0 unspecified atom stereocenters. The maximum atomic E-state index is 12.7. The number of rotatable bonds is 6. The zero-order valence-electron chi connectivity index (χ0n) is 17.0. The van der Waals surface area contributed by atoms with E-state index in [0.717, 1.165) is 0 Å². The second-order valence-electron chi connectivity index (χ2n) is 6.56. The van der Waals surface area contributed by atoms with Crippen molar-refractivity contribution in [3.63, 3.8) is 0 Å². The highest BCUT2D eigenvalue weighted by atomic mass is 35.5. The van der Waals surface area contributed by atoms with Crippen LogP contribution in [0, 0.1) is 6.92 Å². The van der Waals surface area contributed by atoms with Crippen LogP contribution in [0.1, 0.15) is 25.2 Å². The second-order valence-corrected chi connectivity index (χ2v) is 7.00. The number of allylic oxidation sites excluding steroid dienone is 2. The van der Waals surface area contributed by atoms with Gasteiger partial charge in [-0.1, -0.05) is 29.8 Å². The summed E-state index contributed by atoms with van der Waals surface area (Å²) in [7, 11) is 0. The molecule has 0 aliphatic rings. The summed E-state index contributed by atoms with van der Waals surface area (Å²) in [4.78, 5) is 24.1. The number of hydrogen-bond acceptors (Lipinski definition) is 7. The molecule has 0 atom stereocenters. The fourth-order valence-corrected chi connectivity index (χ4v) is 2.81. The van der Waals surface area contributed by atoms with Gasteiger partial charge in [0, 0.05) is 11.9 Å². The lowest BCUT2D eigenvalue weighted by molar-refractivity contribution is -0.113. The molecular weight excluding hydrogens is 420 g/mol. The van der Waals surface area contributed by atoms with E-state index in [1.54, 1.807) is 55.5 Å². The van der Waals surface area contributed by atoms with E-state index in [-0.39, 0.29) is 17.2 Å². The number of halogens is 1. The molecule has 31 heavy (non-hydrogen) atoms. The highest BCUT2D eigenvalue weighted by molar-refractivity contribution is 6.30. The van der Waals surface area contributed by atoms with Crippen LogP contribution >= 0.6 is 11.6 Å². The summed E-state index contributed by atoms with van der Waals surface area (Å²) in [5, 5.41) is 26.1. The third-order valence-electron chi connectivity index (χ3n) is 4.12. The van der Waals surface area contributed by atoms with Gasteiger partial charge in [0.15, 0.2) is 17.3 Å². The summed E-state index contributed by atoms with van der Waals surface area (Å²) in [5.74, 6) is -0.166. The molecule has 0 amide bonds. The van der Waals surface area contributed by atoms with Gasteiger partial charge in [-0.2, -0.15) is 19.6 Å². The Hall–Kier alpha value is -3.85. The number of Topliss-reactive ketones (excluding diaryl/α,β-unsaturated/α-hetero) is 1. The van der Waals surface area contributed by atoms with Crippen LogP contribution < -0.4 is 5.69 Å². The number of aliphatic hydroxyl groups excluding tert-OH is 1. The number of hydrogen-bond donors (Lipinski definition) is 1. The van der Waals surface area contributed by atoms with Gasteiger partial charge in [-0.25, -0.2) is 4.79 Å². The van der Waals surface area contributed by atoms with Gasteiger partial charge in [0.1, 0.15) is 5.76 Å². The molecule has 0 bridgehead atoms. The van der Waals surface area contributed by atoms with Gasteiger partial charge in [0.2, 0.25) is 0 Å². The average molecular weight is 439 g/mol. The molecule has 3 rings (SSSR count). The van der Waals surface area contributed by atoms with E-state index >= 15 is 0 Å². The van der Waals surface area contributed by atoms with Gasteiger partial charge in [-0.05, 0) is 49.7 Å². The van der Waals surface area contributed by atoms with Crippen molar-refractivity contribution in [3.8, 4) is 5.69 Å². The highest BCUT2D eigenvalue weighted by Crippen LogP contribution is 2.16. The minimum absolute atomic E-state index is 0.0998. The Labute approximate surface area is 182 Å². The van der Waals surface area contributed by atoms with Crippen LogP contribution in [0.5, 0.6) is 0 Å². The predicted molar refractivity (Wildman–Crippen MR) is 118 cm³/mol. The lowest BCUT2D eigenvalue weighted by Gasteiger charge is -1.99. The Morgan fingerprint density at radius 1 is 1.16 bits per heavy atom. The van der Waals surface area contributed by atoms with Crippen molar-refractivity contribution in [2.24, 2.45) is 15.3 Å². The van der Waals surface area contributed by atoms with E-state index in [9.17, 15) is 14.7 Å². The molecule has 10 heteroatoms. The lowest BCUT2D eigenvalue weighted by atomic mass is 10.2. The van der Waals surface area contributed by atoms with Crippen molar-refractivity contribution < 1.29 is 9.90 Å². The van der Waals surface area contributed by atoms with Crippen molar-refractivity contribution in [1.82, 2.24) is 14.5 Å². The molecule has 9 nitrogen and oxygen atoms in total. The zero-order valence-corrected chi connectivity index (χ0v) is 17.8. The van der Waals surface area contributed by atoms with Gasteiger partial charge in [-0.15, -0.1) is 10.2 Å². The standard InChI is InChI=1S/C21H19ClN6O3/c1-13(29)20(14(2)30)25-24-18-9-7-16(8-10-18)12-23-27-15(3)26-28(21(27)31)19-6-4-5-17(22)11-19/h4-12,29H,1-3H3/b20-13+,23-12+,25-24?. The van der Waals surface area contributed by atoms with Gasteiger partial charge < -0.3 is 5.11 Å². The Bertz CT molecular complexity index is 1270. The average Bonchev–Trinajstić information content (AvgIpc) is 3.00. The predicted octanol–water partition coefficient (Wildman–Crippen LogP) is 4.34. The Morgan fingerprint density at radius 3 is 2.48 bits per heavy atom. The first kappa shape index (κ1) is 21.8. The Balaban J connectivity index is 1.81. The SMILES string of the molecule is CC(=O)/C(N=Nc1ccc(/C=N/n2c(C)nn(-c3cccc(Cl)c3)c2=O)cc1)=C(/C)O. The van der Waals surface area contributed by atoms with Gasteiger partial charge in [-0.3, -0.25) is 4.79 Å². The number of ketones is 1. The summed E-state index contributed by atoms with van der Waals surface area (Å²) in [6, 6.07) is 13.6. The molecule has 2 aromatic carbocycles. The molecule has 0 fully saturated rings. The number of aryl methyl sites for hydroxylation is 1. The number of aromatic nitrogens is 3. The van der Waals surface area contributed by atoms with Crippen molar-refractivity contribution in [2.75, 3.05) is 0 Å². The van der Waals surface area contributed by atoms with Crippen molar-refractivity contribution in [1.29, 1.82) is 0 Å². The third kappa shape index (κ3) is 5.20. The van der Waals surface area contributed by atoms with E-state index in [1.165, 1.54) is 29.4 Å². The van der Waals surface area contributed by atoms with Crippen molar-refractivity contribution in [2.45, 2.75) is 20.8 Å². The van der Waals surface area contributed by atoms with Crippen molar-refractivity contribution in [3.05, 3.63) is 86.9 Å². The van der Waals surface area contributed by atoms with E-state index < -0.39 is 5.69 Å². The quantitative estimate of drug-likeness (QED) is 0.267. The summed E-state index contributed by atoms with van der Waals surface area (Å²) >= 11 is 5.99. The number of benzene rings is 2. The van der Waals surface area contributed by atoms with Crippen LogP contribution in [0.25, 0.3) is 5.69 Å². The number of carbonyl (C=O) groups excluding carboxylic acids is 1. The minimum atomic E-state index is -0.427. The maximum Gasteiger partial charge on any atom is 0.371 e. The summed E-state index contributed by atoms with van der Waals surface area (Å²) in [5.41, 5.74) is 1.21. The normalized spacial score (nSPS) is 12.5. The van der Waals surface area contributed by atoms with Crippen LogP contribution in [-0.2, 0) is 4.79 Å². The monoisotopic (exact) mass is 438 g/mol. The summed E-state index contributed by atoms with van der Waals surface area (Å²) in [6.07, 6.45) is 1.51. The van der Waals surface area contributed by atoms with Crippen LogP contribution in [0.4, 0.5) is 5.69 Å². The topological polar surface area (TPSA) is 114 Å². The lowest BCUT2D eigenvalue weighted by Crippen LogP contribution is -2.21. The summed E-state index contributed by atoms with van der Waals surface area (Å²) < 4.78 is 2.41. The third-order valence-corrected chi connectivity index (χ3v) is 4.36. The fraction of sp³-hybridized carbons (Fsp3) is 0.143. The fourth-order valence-electron chi connectivity index (χ4n) is 2.62. The number of aliphatic hydroxyl groups is 1. The molecule has 3 aromatic rings. The minimum Gasteiger partial charge on any atom is -0.510 e. The van der Waals surface area contributed by atoms with E-state index in [1.807, 2.05) is 0 Å².